The van der Waals surface area contributed by atoms with E-state index in [9.17, 15) is 19.2 Å². The molecule has 0 aliphatic rings. The first-order chi connectivity index (χ1) is 8.25. The molecule has 0 fully saturated rings. The molecule has 22 heavy (non-hydrogen) atoms. The molecule has 16 heteroatoms. The normalized spacial score (nSPS) is 7.77. The minimum absolute atomic E-state index is 0. The number of carboxylic acid groups (broad SMARTS) is 4. The van der Waals surface area contributed by atoms with Gasteiger partial charge in [-0.05, 0) is 0 Å². The Labute approximate surface area is 159 Å². The molecule has 0 aromatic carbocycles. The predicted molar refractivity (Wildman–Crippen MR) is 47.4 cm³/mol. The van der Waals surface area contributed by atoms with E-state index in [0.29, 0.717) is 0 Å². The molecule has 0 unspecified atom stereocenters. The fourth-order valence-corrected chi connectivity index (χ4v) is 0.259. The third kappa shape index (κ3) is 115. The fourth-order valence-electron chi connectivity index (χ4n) is 0.259. The van der Waals surface area contributed by atoms with E-state index in [0.717, 1.165) is 0 Å². The van der Waals surface area contributed by atoms with E-state index >= 15 is 0 Å². The molecular formula is C6H8Li3O12P. The average Bonchev–Trinajstić information content (AvgIpc) is 1.93. The van der Waals surface area contributed by atoms with Gasteiger partial charge in [0.15, 0.2) is 0 Å². The molecule has 0 aliphatic heterocycles. The van der Waals surface area contributed by atoms with Crippen molar-refractivity contribution in [2.45, 2.75) is 12.8 Å². The zero-order chi connectivity index (χ0) is 16.2. The van der Waals surface area contributed by atoms with Crippen molar-refractivity contribution in [3.8, 4) is 0 Å². The first kappa shape index (κ1) is 37.8. The summed E-state index contributed by atoms with van der Waals surface area (Å²) >= 11 is 0. The van der Waals surface area contributed by atoms with Crippen molar-refractivity contribution in [3.05, 3.63) is 0 Å². The number of carbonyl (C=O) groups is 4. The summed E-state index contributed by atoms with van der Waals surface area (Å²) in [5.74, 6) is -5.25. The maximum Gasteiger partial charge on any atom is 1.00 e. The van der Waals surface area contributed by atoms with Crippen LogP contribution in [0.5, 0.6) is 0 Å². The van der Waals surface area contributed by atoms with Gasteiger partial charge in [0.1, 0.15) is 12.8 Å². The summed E-state index contributed by atoms with van der Waals surface area (Å²) < 4.78 is 8.55. The van der Waals surface area contributed by atoms with E-state index in [1.807, 2.05) is 0 Å². The molecule has 0 bridgehead atoms. The molecule has 0 spiro atoms. The van der Waals surface area contributed by atoms with Crippen molar-refractivity contribution in [2.24, 2.45) is 0 Å². The second-order valence-corrected chi connectivity index (χ2v) is 3.27. The zero-order valence-corrected chi connectivity index (χ0v) is 12.8. The Morgan fingerprint density at radius 1 is 0.636 bits per heavy atom. The van der Waals surface area contributed by atoms with Crippen LogP contribution in [-0.2, 0) is 23.7 Å². The second kappa shape index (κ2) is 20.8. The van der Waals surface area contributed by atoms with Gasteiger partial charge in [-0.1, -0.05) is 0 Å². The van der Waals surface area contributed by atoms with Crippen LogP contribution < -0.4 is 71.3 Å². The molecule has 0 heterocycles. The van der Waals surface area contributed by atoms with Crippen molar-refractivity contribution in [3.63, 3.8) is 0 Å². The minimum Gasteiger partial charge on any atom is -0.822 e. The van der Waals surface area contributed by atoms with Crippen LogP contribution in [0.1, 0.15) is 12.8 Å². The fraction of sp³-hybridized carbons (Fsp3) is 0.333. The van der Waals surface area contributed by atoms with Gasteiger partial charge in [0.05, 0.1) is 0 Å². The van der Waals surface area contributed by atoms with Gasteiger partial charge in [0.2, 0.25) is 0 Å². The molecular weight excluding hydrogens is 316 g/mol. The van der Waals surface area contributed by atoms with Gasteiger partial charge in [0, 0.05) is 0 Å². The maximum absolute atomic E-state index is 9.43. The Hall–Kier alpha value is -0.218. The van der Waals surface area contributed by atoms with E-state index in [-0.39, 0.29) is 56.6 Å². The van der Waals surface area contributed by atoms with E-state index in [2.05, 4.69) is 0 Å². The molecule has 4 N–H and O–H groups in total. The predicted octanol–water partition coefficient (Wildman–Crippen LogP) is -12.7. The van der Waals surface area contributed by atoms with E-state index < -0.39 is 44.5 Å². The van der Waals surface area contributed by atoms with Crippen molar-refractivity contribution >= 4 is 31.7 Å². The zero-order valence-electron chi connectivity index (χ0n) is 11.9. The number of aliphatic carboxylic acids is 4. The molecule has 0 rings (SSSR count). The molecule has 0 aromatic heterocycles. The molecule has 112 valence electrons. The van der Waals surface area contributed by atoms with Crippen molar-refractivity contribution in [2.75, 3.05) is 0 Å². The van der Waals surface area contributed by atoms with Crippen molar-refractivity contribution < 1.29 is 115 Å². The van der Waals surface area contributed by atoms with Crippen molar-refractivity contribution in [1.29, 1.82) is 0 Å². The number of hydrogen-bond donors (Lipinski definition) is 4. The molecule has 0 saturated heterocycles. The molecule has 0 radical (unpaired) electrons. The van der Waals surface area contributed by atoms with Crippen molar-refractivity contribution in [1.82, 2.24) is 0 Å². The molecule has 12 nitrogen and oxygen atoms in total. The Bertz CT molecular complexity index is 321. The van der Waals surface area contributed by atoms with Gasteiger partial charge in [-0.2, -0.15) is 7.82 Å². The first-order valence-electron chi connectivity index (χ1n) is 3.86. The van der Waals surface area contributed by atoms with Gasteiger partial charge in [-0.15, -0.1) is 0 Å². The number of hydrogen-bond acceptors (Lipinski definition) is 8. The SMILES string of the molecule is O=C(O)CC(=O)O.O=C(O)CC(=O)O.O=P([O-])([O-])[O-].[Li+].[Li+].[Li+]. The van der Waals surface area contributed by atoms with Gasteiger partial charge >= 0.3 is 80.5 Å². The molecule has 0 amide bonds. The van der Waals surface area contributed by atoms with Crippen LogP contribution in [-0.4, -0.2) is 44.3 Å². The minimum atomic E-state index is -5.39. The van der Waals surface area contributed by atoms with Crippen LogP contribution in [0.4, 0.5) is 0 Å². The van der Waals surface area contributed by atoms with Gasteiger partial charge in [-0.3, -0.25) is 19.2 Å². The Morgan fingerprint density at radius 2 is 0.727 bits per heavy atom. The number of rotatable bonds is 4. The van der Waals surface area contributed by atoms with Crippen LogP contribution in [0.25, 0.3) is 0 Å². The summed E-state index contributed by atoms with van der Waals surface area (Å²) in [7, 11) is -5.39. The standard InChI is InChI=1S/2C3H4O4.3Li.H3O4P/c2*4-2(5)1-3(6)7;;;;1-5(2,3)4/h2*1H2,(H,4,5)(H,6,7);;;;(H3,1,2,3,4)/q;;3*+1;/p-3. The maximum atomic E-state index is 9.43. The van der Waals surface area contributed by atoms with Crippen LogP contribution in [0, 0.1) is 0 Å². The van der Waals surface area contributed by atoms with Gasteiger partial charge in [0.25, 0.3) is 0 Å². The number of carboxylic acids is 4. The Balaban J connectivity index is -0.0000000414. The molecule has 0 atom stereocenters. The van der Waals surface area contributed by atoms with E-state index in [4.69, 9.17) is 39.7 Å². The topological polar surface area (TPSA) is 235 Å². The monoisotopic (exact) mass is 324 g/mol. The molecule has 0 aliphatic carbocycles. The summed E-state index contributed by atoms with van der Waals surface area (Å²) in [6.07, 6.45) is -1.61. The molecule has 0 saturated carbocycles. The summed E-state index contributed by atoms with van der Waals surface area (Å²) in [6, 6.07) is 0. The van der Waals surface area contributed by atoms with Crippen LogP contribution in [0.2, 0.25) is 0 Å². The smallest absolute Gasteiger partial charge is 0.822 e. The van der Waals surface area contributed by atoms with Crippen LogP contribution >= 0.6 is 7.82 Å². The Kier molecular flexibility index (Phi) is 35.7. The first-order valence-corrected chi connectivity index (χ1v) is 5.32. The van der Waals surface area contributed by atoms with Crippen LogP contribution in [0.15, 0.2) is 0 Å². The summed E-state index contributed by atoms with van der Waals surface area (Å²) in [5, 5.41) is 30.8. The van der Waals surface area contributed by atoms with Gasteiger partial charge < -0.3 is 39.7 Å². The summed E-state index contributed by atoms with van der Waals surface area (Å²) in [5.41, 5.74) is 0. The third-order valence-corrected chi connectivity index (χ3v) is 0.605. The van der Waals surface area contributed by atoms with E-state index in [1.165, 1.54) is 0 Å². The summed E-state index contributed by atoms with van der Waals surface area (Å²) in [6.45, 7) is 0. The van der Waals surface area contributed by atoms with Crippen LogP contribution in [0.3, 0.4) is 0 Å². The largest absolute Gasteiger partial charge is 1.00 e. The second-order valence-electron chi connectivity index (χ2n) is 2.38. The number of phosphoric acid groups is 1. The quantitative estimate of drug-likeness (QED) is 0.214. The Morgan fingerprint density at radius 3 is 0.727 bits per heavy atom. The van der Waals surface area contributed by atoms with Gasteiger partial charge in [-0.25, -0.2) is 0 Å². The third-order valence-electron chi connectivity index (χ3n) is 0.605. The summed E-state index contributed by atoms with van der Waals surface area (Å²) in [4.78, 5) is 63.4. The molecule has 0 aromatic rings. The average molecular weight is 324 g/mol. The van der Waals surface area contributed by atoms with E-state index in [1.54, 1.807) is 0 Å².